The molecule has 0 aliphatic carbocycles. The summed E-state index contributed by atoms with van der Waals surface area (Å²) in [5.41, 5.74) is 0. The summed E-state index contributed by atoms with van der Waals surface area (Å²) in [6.07, 6.45) is 0. The van der Waals surface area contributed by atoms with Crippen LogP contribution in [-0.4, -0.2) is 161 Å². The van der Waals surface area contributed by atoms with E-state index in [1.165, 1.54) is 0 Å². The summed E-state index contributed by atoms with van der Waals surface area (Å²) in [5.74, 6) is 0. The third-order valence-electron chi connectivity index (χ3n) is 0. The van der Waals surface area contributed by atoms with Crippen molar-refractivity contribution in [2.75, 3.05) is 0 Å². The molecule has 0 aromatic carbocycles. The van der Waals surface area contributed by atoms with Gasteiger partial charge in [0.05, 0.1) is 0 Å². The van der Waals surface area contributed by atoms with Gasteiger partial charge in [-0.15, -0.1) is 0 Å². The van der Waals surface area contributed by atoms with Crippen LogP contribution in [0.4, 0.5) is 0 Å². The van der Waals surface area contributed by atoms with Crippen molar-refractivity contribution in [1.29, 1.82) is 0 Å². The molecule has 0 aliphatic rings. The molecule has 3 radical (unpaired) electrons. The molecule has 0 saturated heterocycles. The summed E-state index contributed by atoms with van der Waals surface area (Å²) >= 11 is 0.0556. The quantitative estimate of drug-likeness (QED) is 0.225. The standard InChI is InChI=1S/2Bi.Ca.Cu.O.Pb.Sr.10H. The van der Waals surface area contributed by atoms with Gasteiger partial charge in [-0.2, -0.15) is 0 Å². The first-order valence-electron chi connectivity index (χ1n) is 0.204. The van der Waals surface area contributed by atoms with E-state index in [-0.39, 0.29) is 179 Å². The van der Waals surface area contributed by atoms with Crippen LogP contribution in [0.2, 0.25) is 0 Å². The van der Waals surface area contributed by atoms with E-state index in [1.807, 2.05) is 0 Å². The minimum absolute atomic E-state index is 0. The van der Waals surface area contributed by atoms with Gasteiger partial charge in [-0.3, -0.25) is 0 Å². The summed E-state index contributed by atoms with van der Waals surface area (Å²) in [6, 6.07) is 0. The van der Waals surface area contributed by atoms with Crippen molar-refractivity contribution in [3.63, 3.8) is 0 Å². The topological polar surface area (TPSA) is 17.1 Å². The van der Waals surface area contributed by atoms with Crippen LogP contribution in [0, 0.1) is 0 Å². The molecule has 0 aromatic heterocycles. The SMILES string of the molecule is [BiH3].[CaH2].[Cu].[O]=[BiH].[PbH2].[SrH2]. The molecule has 0 saturated carbocycles. The zero-order valence-electron chi connectivity index (χ0n) is 2.62. The van der Waals surface area contributed by atoms with Crippen molar-refractivity contribution < 1.29 is 19.9 Å². The van der Waals surface area contributed by atoms with Crippen LogP contribution in [0.3, 0.4) is 0 Å². The second kappa shape index (κ2) is 41.1. The Morgan fingerprint density at radius 3 is 1.14 bits per heavy atom. The van der Waals surface area contributed by atoms with Gasteiger partial charge in [-0.1, -0.05) is 0 Å². The summed E-state index contributed by atoms with van der Waals surface area (Å²) in [7, 11) is 0. The predicted octanol–water partition coefficient (Wildman–Crippen LogP) is -4.70. The van der Waals surface area contributed by atoms with Crippen LogP contribution in [0.15, 0.2) is 0 Å². The van der Waals surface area contributed by atoms with E-state index < -0.39 is 0 Å². The normalized spacial score (nSPS) is 0.571. The van der Waals surface area contributed by atoms with Crippen LogP contribution < -0.4 is 0 Å². The van der Waals surface area contributed by atoms with Gasteiger partial charge in [0.15, 0.2) is 0 Å². The van der Waals surface area contributed by atoms with Gasteiger partial charge >= 0.3 is 164 Å². The van der Waals surface area contributed by atoms with Crippen LogP contribution in [-0.2, 0) is 19.9 Å². The van der Waals surface area contributed by atoms with Gasteiger partial charge in [-0.25, -0.2) is 0 Å². The van der Waals surface area contributed by atoms with Crippen molar-refractivity contribution >= 4 is 161 Å². The molecule has 7 heteroatoms. The van der Waals surface area contributed by atoms with E-state index >= 15 is 0 Å². The molecule has 0 spiro atoms. The molecule has 0 rings (SSSR count). The number of rotatable bonds is 0. The minimum atomic E-state index is 0. The third-order valence-corrected chi connectivity index (χ3v) is 0. The Labute approximate surface area is 176 Å². The second-order valence-corrected chi connectivity index (χ2v) is 0. The van der Waals surface area contributed by atoms with E-state index in [9.17, 15) is 0 Å². The molecule has 0 aliphatic heterocycles. The van der Waals surface area contributed by atoms with Crippen LogP contribution in [0.5, 0.6) is 0 Å². The Balaban J connectivity index is -0.000000000500. The Morgan fingerprint density at radius 1 is 1.14 bits per heavy atom. The van der Waals surface area contributed by atoms with Crippen LogP contribution >= 0.6 is 0 Å². The van der Waals surface area contributed by atoms with Crippen molar-refractivity contribution in [3.8, 4) is 0 Å². The van der Waals surface area contributed by atoms with E-state index in [0.29, 0.717) is 0 Å². The molecule has 0 heterocycles. The Kier molecular flexibility index (Phi) is 227. The van der Waals surface area contributed by atoms with Gasteiger partial charge in [0.1, 0.15) is 0 Å². The first-order chi connectivity index (χ1) is 1.00. The first-order valence-corrected chi connectivity index (χ1v) is 1.79. The fourth-order valence-corrected chi connectivity index (χ4v) is 0. The van der Waals surface area contributed by atoms with E-state index in [1.54, 1.807) is 0 Å². The number of hydrogen-bond acceptors (Lipinski definition) is 1. The van der Waals surface area contributed by atoms with E-state index in [4.69, 9.17) is 2.81 Å². The maximum absolute atomic E-state index is 8.39. The third kappa shape index (κ3) is 33.8. The first kappa shape index (κ1) is 38.6. The molecule has 0 amide bonds. The Bertz CT molecular complexity index is 17.7. The fraction of sp³-hybridized carbons (Fsp3) is 0. The van der Waals surface area contributed by atoms with Crippen molar-refractivity contribution in [1.82, 2.24) is 0 Å². The summed E-state index contributed by atoms with van der Waals surface area (Å²) in [4.78, 5) is 0. The molecular weight excluding hydrogens is 832 g/mol. The average Bonchev–Trinajstić information content (AvgIpc) is 1.00. The molecule has 1 nitrogen and oxygen atoms in total. The monoisotopic (exact) mass is 843 g/mol. The van der Waals surface area contributed by atoms with Gasteiger partial charge in [0.2, 0.25) is 0 Å². The summed E-state index contributed by atoms with van der Waals surface area (Å²) < 4.78 is 8.39. The van der Waals surface area contributed by atoms with Crippen LogP contribution in [0.25, 0.3) is 0 Å². The summed E-state index contributed by atoms with van der Waals surface area (Å²) in [5, 5.41) is 0. The molecule has 0 N–H and O–H groups in total. The average molecular weight is 842 g/mol. The van der Waals surface area contributed by atoms with Crippen molar-refractivity contribution in [3.05, 3.63) is 0 Å². The van der Waals surface area contributed by atoms with Gasteiger partial charge in [-0.05, 0) is 0 Å². The van der Waals surface area contributed by atoms with Gasteiger partial charge in [0.25, 0.3) is 0 Å². The Morgan fingerprint density at radius 2 is 1.14 bits per heavy atom. The second-order valence-electron chi connectivity index (χ2n) is 0. The molecule has 0 aromatic rings. The molecule has 0 atom stereocenters. The molecule has 7 heavy (non-hydrogen) atoms. The van der Waals surface area contributed by atoms with Gasteiger partial charge < -0.3 is 0 Å². The van der Waals surface area contributed by atoms with Crippen molar-refractivity contribution in [2.45, 2.75) is 0 Å². The molecule has 0 unspecified atom stereocenters. The molecule has 0 bridgehead atoms. The van der Waals surface area contributed by atoms with E-state index in [0.717, 1.165) is 0 Å². The maximum atomic E-state index is 8.39. The fourth-order valence-electron chi connectivity index (χ4n) is 0. The summed E-state index contributed by atoms with van der Waals surface area (Å²) in [6.45, 7) is 0. The molecule has 0 fully saturated rings. The van der Waals surface area contributed by atoms with Gasteiger partial charge in [0, 0.05) is 17.1 Å². The zero-order valence-corrected chi connectivity index (χ0v) is 18.4. The molecule has 45 valence electrons. The van der Waals surface area contributed by atoms with Crippen LogP contribution in [0.1, 0.15) is 0 Å². The predicted molar refractivity (Wildman–Crippen MR) is 43.4 cm³/mol. The van der Waals surface area contributed by atoms with E-state index in [2.05, 4.69) is 0 Å². The Hall–Kier alpha value is 5.75. The van der Waals surface area contributed by atoms with Crippen molar-refractivity contribution in [2.24, 2.45) is 0 Å². The zero-order chi connectivity index (χ0) is 2.00. The number of hydrogen-bond donors (Lipinski definition) is 0. The molecular formula is H10Bi2CaCuOPbSr.